The molecule has 0 aliphatic rings. The van der Waals surface area contributed by atoms with Crippen LogP contribution in [-0.4, -0.2) is 140 Å². The van der Waals surface area contributed by atoms with Crippen molar-refractivity contribution in [2.24, 2.45) is 23.3 Å². The van der Waals surface area contributed by atoms with E-state index in [1.807, 2.05) is 0 Å². The standard InChI is InChI=1S/C41H66N10O15/c1-5-21(4)33(39(64)49-25(7-6-18-45-41(43)44)37(62)50-32(20(2)3)40(65)66)51-38(63)28(14-17-31(57)58)48-36(61)27(13-16-30(55)56)47-35(60)26(12-15-29(53)54)46-34(59)24(42)19-22-8-10-23(52)11-9-22/h8-11,20-21,24-28,32-33,41,45,52H,5-7,12-19,42-44H2,1-4H3,(H,46,59)(H,47,60)(H,48,61)(H,49,64)(H,50,62)(H,51,63)(H,53,54)(H,55,56)(H,57,58)(H,65,66)/p+1. The SMILES string of the molecule is CCC(C)C(NC(=O)C(CCC(=O)O)NC(=O)C(CCC(=O)O)NC(=O)C(CCC(=O)O)NC(=O)C(N)Cc1ccc(O)cc1)C(=O)NC(CCCNC(N)[NH3+])C(=O)NC(C(=O)O)C(C)C. The number of aliphatic carboxylic acids is 4. The molecule has 19 N–H and O–H groups in total. The number of carbonyl (C=O) groups is 10. The Hall–Kier alpha value is -6.44. The highest BCUT2D eigenvalue weighted by Gasteiger charge is 2.36. The van der Waals surface area contributed by atoms with Crippen LogP contribution in [-0.2, 0) is 54.4 Å². The molecule has 0 aliphatic carbocycles. The first kappa shape index (κ1) is 57.6. The number of nitrogens with two attached hydrogens (primary N) is 2. The lowest BCUT2D eigenvalue weighted by atomic mass is 9.96. The van der Waals surface area contributed by atoms with E-state index in [0.717, 1.165) is 0 Å². The van der Waals surface area contributed by atoms with Crippen LogP contribution in [0, 0.1) is 11.8 Å². The van der Waals surface area contributed by atoms with Gasteiger partial charge >= 0.3 is 23.9 Å². The molecule has 9 unspecified atom stereocenters. The molecule has 370 valence electrons. The molecule has 0 bridgehead atoms. The number of amides is 6. The molecule has 0 saturated heterocycles. The number of carbonyl (C=O) groups excluding carboxylic acids is 6. The van der Waals surface area contributed by atoms with E-state index < -0.39 is 158 Å². The quantitative estimate of drug-likeness (QED) is 0.0245. The zero-order valence-electron chi connectivity index (χ0n) is 37.5. The van der Waals surface area contributed by atoms with E-state index in [4.69, 9.17) is 11.5 Å². The van der Waals surface area contributed by atoms with Gasteiger partial charge in [0, 0.05) is 25.8 Å². The summed E-state index contributed by atoms with van der Waals surface area (Å²) in [5, 5.41) is 64.8. The smallest absolute Gasteiger partial charge is 0.326 e. The van der Waals surface area contributed by atoms with Crippen molar-refractivity contribution < 1.29 is 79.2 Å². The molecule has 0 spiro atoms. The van der Waals surface area contributed by atoms with Gasteiger partial charge in [-0.1, -0.05) is 46.2 Å². The average molecular weight is 940 g/mol. The van der Waals surface area contributed by atoms with Crippen LogP contribution in [0.15, 0.2) is 24.3 Å². The summed E-state index contributed by atoms with van der Waals surface area (Å²) in [6, 6.07) is -4.70. The minimum atomic E-state index is -1.76. The van der Waals surface area contributed by atoms with Crippen LogP contribution in [0.1, 0.15) is 91.0 Å². The molecule has 0 aliphatic heterocycles. The van der Waals surface area contributed by atoms with Gasteiger partial charge in [-0.25, -0.2) is 4.79 Å². The molecule has 25 nitrogen and oxygen atoms in total. The summed E-state index contributed by atoms with van der Waals surface area (Å²) in [4.78, 5) is 128. The minimum Gasteiger partial charge on any atom is -0.508 e. The van der Waals surface area contributed by atoms with Gasteiger partial charge in [0.15, 0.2) is 6.29 Å². The van der Waals surface area contributed by atoms with Gasteiger partial charge < -0.3 is 68.9 Å². The third-order valence-corrected chi connectivity index (χ3v) is 10.3. The van der Waals surface area contributed by atoms with E-state index in [0.29, 0.717) is 5.56 Å². The zero-order valence-corrected chi connectivity index (χ0v) is 37.5. The van der Waals surface area contributed by atoms with Crippen LogP contribution in [0.5, 0.6) is 5.75 Å². The number of nitrogens with one attached hydrogen (secondary N) is 7. The second-order valence-electron chi connectivity index (χ2n) is 16.2. The number of aromatic hydroxyl groups is 1. The Kier molecular flexibility index (Phi) is 25.4. The van der Waals surface area contributed by atoms with Crippen molar-refractivity contribution in [1.82, 2.24) is 37.2 Å². The summed E-state index contributed by atoms with van der Waals surface area (Å²) in [6.07, 6.45) is -3.94. The van der Waals surface area contributed by atoms with Crippen molar-refractivity contribution in [2.75, 3.05) is 6.54 Å². The third-order valence-electron chi connectivity index (χ3n) is 10.3. The highest BCUT2D eigenvalue weighted by atomic mass is 16.4. The highest BCUT2D eigenvalue weighted by molar-refractivity contribution is 5.97. The second kappa shape index (κ2) is 29.2. The van der Waals surface area contributed by atoms with Crippen LogP contribution in [0.4, 0.5) is 0 Å². The predicted molar refractivity (Wildman–Crippen MR) is 232 cm³/mol. The molecule has 1 aromatic carbocycles. The van der Waals surface area contributed by atoms with Crippen molar-refractivity contribution in [3.8, 4) is 5.75 Å². The van der Waals surface area contributed by atoms with E-state index >= 15 is 0 Å². The van der Waals surface area contributed by atoms with Crippen LogP contribution in [0.2, 0.25) is 0 Å². The van der Waals surface area contributed by atoms with Gasteiger partial charge in [0.2, 0.25) is 35.4 Å². The lowest BCUT2D eigenvalue weighted by molar-refractivity contribution is -0.427. The van der Waals surface area contributed by atoms with Gasteiger partial charge in [0.25, 0.3) is 0 Å². The van der Waals surface area contributed by atoms with E-state index in [9.17, 15) is 73.5 Å². The summed E-state index contributed by atoms with van der Waals surface area (Å²) >= 11 is 0. The number of phenolic OH excluding ortho intramolecular Hbond substituents is 1. The van der Waals surface area contributed by atoms with Crippen LogP contribution in [0.25, 0.3) is 0 Å². The van der Waals surface area contributed by atoms with E-state index in [1.54, 1.807) is 27.7 Å². The first-order valence-electron chi connectivity index (χ1n) is 21.4. The van der Waals surface area contributed by atoms with Gasteiger partial charge in [0.05, 0.1) is 6.04 Å². The largest absolute Gasteiger partial charge is 0.508 e. The molecule has 0 saturated carbocycles. The molecule has 1 rings (SSSR count). The molecule has 6 amide bonds. The normalized spacial score (nSPS) is 15.2. The lowest BCUT2D eigenvalue weighted by Gasteiger charge is -2.29. The summed E-state index contributed by atoms with van der Waals surface area (Å²) in [7, 11) is 0. The first-order valence-corrected chi connectivity index (χ1v) is 21.4. The maximum atomic E-state index is 13.9. The number of carboxylic acid groups (broad SMARTS) is 4. The number of phenols is 1. The van der Waals surface area contributed by atoms with Crippen LogP contribution in [0.3, 0.4) is 0 Å². The van der Waals surface area contributed by atoms with E-state index in [-0.39, 0.29) is 38.0 Å². The number of hydrogen-bond acceptors (Lipinski definition) is 14. The number of quaternary nitrogens is 1. The van der Waals surface area contributed by atoms with Gasteiger partial charge in [-0.15, -0.1) is 0 Å². The average Bonchev–Trinajstić information content (AvgIpc) is 3.23. The molecule has 9 atom stereocenters. The first-order chi connectivity index (χ1) is 30.9. The van der Waals surface area contributed by atoms with Gasteiger partial charge in [0.1, 0.15) is 42.0 Å². The van der Waals surface area contributed by atoms with E-state index in [2.05, 4.69) is 43.0 Å². The van der Waals surface area contributed by atoms with Crippen molar-refractivity contribution in [2.45, 2.75) is 140 Å². The molecule has 0 fully saturated rings. The second-order valence-corrected chi connectivity index (χ2v) is 16.2. The zero-order chi connectivity index (χ0) is 50.3. The molecular formula is C41H67N10O15+. The Morgan fingerprint density at radius 2 is 0.970 bits per heavy atom. The number of rotatable bonds is 32. The fourth-order valence-corrected chi connectivity index (χ4v) is 6.26. The molecule has 0 heterocycles. The van der Waals surface area contributed by atoms with Crippen molar-refractivity contribution >= 4 is 59.3 Å². The molecule has 66 heavy (non-hydrogen) atoms. The summed E-state index contributed by atoms with van der Waals surface area (Å²) in [5.41, 5.74) is 15.8. The number of hydrogen-bond donors (Lipinski definition) is 15. The topological polar surface area (TPSA) is 436 Å². The molecule has 0 radical (unpaired) electrons. The Labute approximate surface area is 381 Å². The molecule has 1 aromatic rings. The molecule has 0 aromatic heterocycles. The third kappa shape index (κ3) is 22.0. The number of carboxylic acids is 4. The van der Waals surface area contributed by atoms with Gasteiger partial charge in [-0.3, -0.25) is 54.2 Å². The molecular weight excluding hydrogens is 873 g/mol. The minimum absolute atomic E-state index is 0.0168. The monoisotopic (exact) mass is 939 g/mol. The summed E-state index contributed by atoms with van der Waals surface area (Å²) in [5.74, 6) is -12.7. The Balaban J connectivity index is 3.45. The molecule has 25 heteroatoms. The fraction of sp³-hybridized carbons (Fsp3) is 0.610. The Bertz CT molecular complexity index is 1830. The van der Waals surface area contributed by atoms with E-state index in [1.165, 1.54) is 24.3 Å². The Morgan fingerprint density at radius 3 is 1.36 bits per heavy atom. The van der Waals surface area contributed by atoms with Crippen molar-refractivity contribution in [1.29, 1.82) is 0 Å². The Morgan fingerprint density at radius 1 is 0.576 bits per heavy atom. The summed E-state index contributed by atoms with van der Waals surface area (Å²) in [6.45, 7) is 6.67. The van der Waals surface area contributed by atoms with Gasteiger partial charge in [-0.05, 0) is 68.1 Å². The van der Waals surface area contributed by atoms with Crippen LogP contribution < -0.4 is 54.4 Å². The van der Waals surface area contributed by atoms with Crippen LogP contribution >= 0.6 is 0 Å². The van der Waals surface area contributed by atoms with Crippen molar-refractivity contribution in [3.05, 3.63) is 29.8 Å². The van der Waals surface area contributed by atoms with Crippen molar-refractivity contribution in [3.63, 3.8) is 0 Å². The van der Waals surface area contributed by atoms with Gasteiger partial charge in [-0.2, -0.15) is 0 Å². The predicted octanol–water partition coefficient (Wildman–Crippen LogP) is -3.59. The maximum Gasteiger partial charge on any atom is 0.326 e. The lowest BCUT2D eigenvalue weighted by Crippen LogP contribution is -2.73. The number of benzene rings is 1. The maximum absolute atomic E-state index is 13.9. The fourth-order valence-electron chi connectivity index (χ4n) is 6.26. The highest BCUT2D eigenvalue weighted by Crippen LogP contribution is 2.14. The summed E-state index contributed by atoms with van der Waals surface area (Å²) < 4.78 is 0.